The first-order valence-electron chi connectivity index (χ1n) is 3.82. The minimum absolute atomic E-state index is 0.0605. The number of hydrogen-bond donors (Lipinski definition) is 2. The largest absolute Gasteiger partial charge is 0.444 e. The number of cyclic esters (lactones) is 1. The molecule has 0 radical (unpaired) electrons. The Kier molecular flexibility index (Phi) is 2.70. The van der Waals surface area contributed by atoms with Crippen molar-refractivity contribution in [2.75, 3.05) is 6.61 Å². The summed E-state index contributed by atoms with van der Waals surface area (Å²) in [7, 11) is 0. The Bertz CT molecular complexity index is 149. The summed E-state index contributed by atoms with van der Waals surface area (Å²) in [5.41, 5.74) is 0. The van der Waals surface area contributed by atoms with Gasteiger partial charge in [-0.1, -0.05) is 0 Å². The molecule has 1 amide bonds. The van der Waals surface area contributed by atoms with E-state index in [-0.39, 0.29) is 24.8 Å². The zero-order chi connectivity index (χ0) is 8.27. The minimum Gasteiger partial charge on any atom is -0.444 e. The van der Waals surface area contributed by atoms with E-state index < -0.39 is 0 Å². The summed E-state index contributed by atoms with van der Waals surface area (Å²) in [5.74, 6) is 0. The summed E-state index contributed by atoms with van der Waals surface area (Å²) in [4.78, 5) is 10.6. The van der Waals surface area contributed by atoms with E-state index in [9.17, 15) is 4.79 Å². The molecule has 1 aliphatic rings. The molecule has 2 atom stereocenters. The highest BCUT2D eigenvalue weighted by molar-refractivity contribution is 5.70. The molecule has 0 spiro atoms. The van der Waals surface area contributed by atoms with Gasteiger partial charge in [0.15, 0.2) is 0 Å². The van der Waals surface area contributed by atoms with Crippen LogP contribution in [-0.2, 0) is 4.74 Å². The standard InChI is InChI=1S/C7H13NO3/c1-5-6(3-2-4-9)11-7(10)8-5/h5-6,9H,2-4H2,1H3,(H,8,10)/t5-,6-/m1/s1. The fourth-order valence-corrected chi connectivity index (χ4v) is 1.15. The Morgan fingerprint density at radius 1 is 1.73 bits per heavy atom. The predicted octanol–water partition coefficient (Wildman–Crippen LogP) is 0.256. The number of amides is 1. The van der Waals surface area contributed by atoms with Crippen molar-refractivity contribution < 1.29 is 14.6 Å². The molecule has 1 heterocycles. The Labute approximate surface area is 65.5 Å². The number of alkyl carbamates (subject to hydrolysis) is 1. The van der Waals surface area contributed by atoms with Crippen molar-refractivity contribution in [1.82, 2.24) is 5.32 Å². The molecule has 1 aliphatic heterocycles. The van der Waals surface area contributed by atoms with Crippen molar-refractivity contribution in [3.05, 3.63) is 0 Å². The van der Waals surface area contributed by atoms with Gasteiger partial charge in [0.2, 0.25) is 0 Å². The molecular weight excluding hydrogens is 146 g/mol. The normalized spacial score (nSPS) is 29.8. The van der Waals surface area contributed by atoms with E-state index in [1.54, 1.807) is 0 Å². The van der Waals surface area contributed by atoms with E-state index in [0.29, 0.717) is 6.42 Å². The van der Waals surface area contributed by atoms with Gasteiger partial charge in [0.1, 0.15) is 6.10 Å². The van der Waals surface area contributed by atoms with Gasteiger partial charge in [-0.25, -0.2) is 4.79 Å². The van der Waals surface area contributed by atoms with Crippen LogP contribution < -0.4 is 5.32 Å². The first kappa shape index (κ1) is 8.33. The lowest BCUT2D eigenvalue weighted by Crippen LogP contribution is -2.27. The van der Waals surface area contributed by atoms with Crippen LogP contribution in [0.5, 0.6) is 0 Å². The van der Waals surface area contributed by atoms with E-state index in [1.807, 2.05) is 6.92 Å². The van der Waals surface area contributed by atoms with Gasteiger partial charge in [-0.05, 0) is 19.8 Å². The van der Waals surface area contributed by atoms with E-state index >= 15 is 0 Å². The number of carbonyl (C=O) groups is 1. The topological polar surface area (TPSA) is 58.6 Å². The molecule has 0 aliphatic carbocycles. The Morgan fingerprint density at radius 2 is 2.45 bits per heavy atom. The van der Waals surface area contributed by atoms with Gasteiger partial charge < -0.3 is 15.2 Å². The van der Waals surface area contributed by atoms with E-state index in [4.69, 9.17) is 9.84 Å². The molecule has 4 heteroatoms. The lowest BCUT2D eigenvalue weighted by molar-refractivity contribution is 0.121. The molecule has 0 aromatic rings. The third-order valence-electron chi connectivity index (χ3n) is 1.81. The molecular formula is C7H13NO3. The zero-order valence-corrected chi connectivity index (χ0v) is 6.54. The Hall–Kier alpha value is -0.770. The maximum atomic E-state index is 10.6. The molecule has 0 bridgehead atoms. The summed E-state index contributed by atoms with van der Waals surface area (Å²) in [6.45, 7) is 2.05. The van der Waals surface area contributed by atoms with Gasteiger partial charge in [-0.2, -0.15) is 0 Å². The molecule has 4 nitrogen and oxygen atoms in total. The van der Waals surface area contributed by atoms with Crippen LogP contribution in [0, 0.1) is 0 Å². The minimum atomic E-state index is -0.347. The average Bonchev–Trinajstić information content (AvgIpc) is 2.26. The monoisotopic (exact) mass is 159 g/mol. The lowest BCUT2D eigenvalue weighted by atomic mass is 10.1. The summed E-state index contributed by atoms with van der Waals surface area (Å²) in [6, 6.07) is 0.0778. The van der Waals surface area contributed by atoms with Crippen LogP contribution in [0.15, 0.2) is 0 Å². The molecule has 64 valence electrons. The van der Waals surface area contributed by atoms with Crippen molar-refractivity contribution >= 4 is 6.09 Å². The fraction of sp³-hybridized carbons (Fsp3) is 0.857. The van der Waals surface area contributed by atoms with Crippen LogP contribution in [0.25, 0.3) is 0 Å². The molecule has 0 aromatic heterocycles. The Morgan fingerprint density at radius 3 is 2.91 bits per heavy atom. The maximum Gasteiger partial charge on any atom is 0.407 e. The van der Waals surface area contributed by atoms with Gasteiger partial charge in [0.05, 0.1) is 6.04 Å². The molecule has 2 N–H and O–H groups in total. The summed E-state index contributed by atoms with van der Waals surface area (Å²) >= 11 is 0. The van der Waals surface area contributed by atoms with E-state index in [0.717, 1.165) is 6.42 Å². The zero-order valence-electron chi connectivity index (χ0n) is 6.54. The van der Waals surface area contributed by atoms with Crippen molar-refractivity contribution in [2.45, 2.75) is 31.9 Å². The summed E-state index contributed by atoms with van der Waals surface area (Å²) < 4.78 is 4.91. The first-order chi connectivity index (χ1) is 5.24. The number of carbonyl (C=O) groups excluding carboxylic acids is 1. The van der Waals surface area contributed by atoms with Crippen LogP contribution in [0.3, 0.4) is 0 Å². The average molecular weight is 159 g/mol. The van der Waals surface area contributed by atoms with Gasteiger partial charge >= 0.3 is 6.09 Å². The van der Waals surface area contributed by atoms with Crippen molar-refractivity contribution in [3.63, 3.8) is 0 Å². The molecule has 0 unspecified atom stereocenters. The van der Waals surface area contributed by atoms with Gasteiger partial charge in [0.25, 0.3) is 0 Å². The highest BCUT2D eigenvalue weighted by Gasteiger charge is 2.29. The number of aliphatic hydroxyl groups is 1. The molecule has 1 fully saturated rings. The van der Waals surface area contributed by atoms with Crippen LogP contribution in [0.2, 0.25) is 0 Å². The second kappa shape index (κ2) is 3.57. The van der Waals surface area contributed by atoms with E-state index in [1.165, 1.54) is 0 Å². The molecule has 1 saturated heterocycles. The third kappa shape index (κ3) is 2.08. The number of rotatable bonds is 3. The molecule has 0 saturated carbocycles. The third-order valence-corrected chi connectivity index (χ3v) is 1.81. The van der Waals surface area contributed by atoms with Crippen molar-refractivity contribution in [3.8, 4) is 0 Å². The Balaban J connectivity index is 2.28. The molecule has 1 rings (SSSR count). The maximum absolute atomic E-state index is 10.6. The lowest BCUT2D eigenvalue weighted by Gasteiger charge is -2.10. The second-order valence-electron chi connectivity index (χ2n) is 2.74. The number of aliphatic hydroxyl groups excluding tert-OH is 1. The van der Waals surface area contributed by atoms with Gasteiger partial charge in [-0.3, -0.25) is 0 Å². The van der Waals surface area contributed by atoms with E-state index in [2.05, 4.69) is 5.32 Å². The van der Waals surface area contributed by atoms with Gasteiger partial charge in [0, 0.05) is 6.61 Å². The second-order valence-corrected chi connectivity index (χ2v) is 2.74. The fourth-order valence-electron chi connectivity index (χ4n) is 1.15. The smallest absolute Gasteiger partial charge is 0.407 e. The number of hydrogen-bond acceptors (Lipinski definition) is 3. The van der Waals surface area contributed by atoms with Crippen LogP contribution in [-0.4, -0.2) is 30.0 Å². The molecule has 0 aromatic carbocycles. The van der Waals surface area contributed by atoms with Crippen LogP contribution in [0.4, 0.5) is 4.79 Å². The quantitative estimate of drug-likeness (QED) is 0.620. The highest BCUT2D eigenvalue weighted by atomic mass is 16.6. The first-order valence-corrected chi connectivity index (χ1v) is 3.82. The van der Waals surface area contributed by atoms with Crippen molar-refractivity contribution in [2.24, 2.45) is 0 Å². The summed E-state index contributed by atoms with van der Waals surface area (Å²) in [5, 5.41) is 11.2. The SMILES string of the molecule is C[C@H]1NC(=O)O[C@@H]1CCCO. The van der Waals surface area contributed by atoms with Crippen LogP contribution >= 0.6 is 0 Å². The van der Waals surface area contributed by atoms with Crippen LogP contribution in [0.1, 0.15) is 19.8 Å². The van der Waals surface area contributed by atoms with Crippen molar-refractivity contribution in [1.29, 1.82) is 0 Å². The predicted molar refractivity (Wildman–Crippen MR) is 39.2 cm³/mol. The molecule has 11 heavy (non-hydrogen) atoms. The highest BCUT2D eigenvalue weighted by Crippen LogP contribution is 2.13. The van der Waals surface area contributed by atoms with Gasteiger partial charge in [-0.15, -0.1) is 0 Å². The number of nitrogens with one attached hydrogen (secondary N) is 1. The summed E-state index contributed by atoms with van der Waals surface area (Å²) in [6.07, 6.45) is 1.01. The number of ether oxygens (including phenoxy) is 1.